The Hall–Kier alpha value is -1.16. The average Bonchev–Trinajstić information content (AvgIpc) is 3.13. The topological polar surface area (TPSA) is 25.8 Å². The predicted octanol–water partition coefficient (Wildman–Crippen LogP) is 6.81. The molecule has 3 aromatic rings. The molecule has 0 spiro atoms. The average molecular weight is 417 g/mol. The van der Waals surface area contributed by atoms with E-state index in [0.29, 0.717) is 16.5 Å². The van der Waals surface area contributed by atoms with E-state index in [-0.39, 0.29) is 0 Å². The molecule has 0 aliphatic heterocycles. The van der Waals surface area contributed by atoms with Gasteiger partial charge in [0.15, 0.2) is 5.16 Å². The summed E-state index contributed by atoms with van der Waals surface area (Å²) in [6.07, 6.45) is -2.60. The molecule has 0 saturated heterocycles. The summed E-state index contributed by atoms with van der Waals surface area (Å²) in [5.74, 6) is 0.478. The number of rotatable bonds is 6. The van der Waals surface area contributed by atoms with Crippen LogP contribution in [0.5, 0.6) is 0 Å². The Morgan fingerprint density at radius 2 is 1.96 bits per heavy atom. The lowest BCUT2D eigenvalue weighted by atomic mass is 10.1. The molecule has 25 heavy (non-hydrogen) atoms. The Labute approximate surface area is 158 Å². The van der Waals surface area contributed by atoms with Crippen molar-refractivity contribution in [3.05, 3.63) is 65.2 Å². The summed E-state index contributed by atoms with van der Waals surface area (Å²) >= 11 is 1.61. The van der Waals surface area contributed by atoms with Gasteiger partial charge in [0, 0.05) is 11.9 Å². The lowest BCUT2D eigenvalue weighted by Crippen LogP contribution is -2.04. The van der Waals surface area contributed by atoms with E-state index >= 15 is 0 Å². The van der Waals surface area contributed by atoms with Crippen LogP contribution in [0.15, 0.2) is 59.2 Å². The minimum Gasteiger partial charge on any atom is -0.230 e. The number of hydrogen-bond donors (Lipinski definition) is 0. The monoisotopic (exact) mass is 416 g/mol. The first-order chi connectivity index (χ1) is 12.0. The van der Waals surface area contributed by atoms with E-state index in [0.717, 1.165) is 16.6 Å². The fourth-order valence-electron chi connectivity index (χ4n) is 1.93. The van der Waals surface area contributed by atoms with Crippen molar-refractivity contribution in [1.82, 2.24) is 9.97 Å². The van der Waals surface area contributed by atoms with Gasteiger partial charge in [-0.2, -0.15) is 13.2 Å². The number of halogens is 3. The maximum absolute atomic E-state index is 12.7. The predicted molar refractivity (Wildman–Crippen MR) is 102 cm³/mol. The second kappa shape index (κ2) is 8.48. The van der Waals surface area contributed by atoms with Gasteiger partial charge in [0.1, 0.15) is 0 Å². The molecule has 3 rings (SSSR count). The molecule has 9 heteroatoms. The summed E-state index contributed by atoms with van der Waals surface area (Å²) in [7, 11) is 4.31. The Bertz CT molecular complexity index is 822. The number of alkyl halides is 3. The van der Waals surface area contributed by atoms with Crippen LogP contribution in [-0.2, 0) is 11.9 Å². The van der Waals surface area contributed by atoms with Crippen LogP contribution in [0.2, 0.25) is 0 Å². The molecule has 130 valence electrons. The third kappa shape index (κ3) is 5.40. The third-order valence-corrected chi connectivity index (χ3v) is 7.67. The van der Waals surface area contributed by atoms with E-state index in [2.05, 4.69) is 9.97 Å². The maximum Gasteiger partial charge on any atom is 0.416 e. The molecule has 2 heterocycles. The maximum atomic E-state index is 12.7. The molecule has 1 aromatic carbocycles. The smallest absolute Gasteiger partial charge is 0.230 e. The van der Waals surface area contributed by atoms with E-state index in [1.807, 2.05) is 23.6 Å². The zero-order chi connectivity index (χ0) is 17.7. The summed E-state index contributed by atoms with van der Waals surface area (Å²) < 4.78 is 38.1. The quantitative estimate of drug-likeness (QED) is 0.250. The second-order valence-corrected chi connectivity index (χ2v) is 9.79. The summed E-state index contributed by atoms with van der Waals surface area (Å²) in [5, 5.41) is 2.62. The number of benzene rings is 1. The fourth-order valence-corrected chi connectivity index (χ4v) is 5.87. The first kappa shape index (κ1) is 18.6. The molecular weight excluding hydrogens is 405 g/mol. The molecule has 0 saturated carbocycles. The molecule has 0 bridgehead atoms. The summed E-state index contributed by atoms with van der Waals surface area (Å²) in [6, 6.07) is 11.2. The van der Waals surface area contributed by atoms with Crippen LogP contribution in [0.3, 0.4) is 0 Å². The van der Waals surface area contributed by atoms with E-state index < -0.39 is 11.7 Å². The molecule has 2 nitrogen and oxygen atoms in total. The van der Waals surface area contributed by atoms with Crippen LogP contribution in [0.4, 0.5) is 13.2 Å². The highest BCUT2D eigenvalue weighted by atomic mass is 33.5. The molecule has 2 aromatic heterocycles. The van der Waals surface area contributed by atoms with Crippen molar-refractivity contribution < 1.29 is 13.2 Å². The molecule has 0 aliphatic rings. The lowest BCUT2D eigenvalue weighted by Gasteiger charge is -2.08. The van der Waals surface area contributed by atoms with Crippen molar-refractivity contribution in [2.75, 3.05) is 0 Å². The molecule has 0 N–H and O–H groups in total. The largest absolute Gasteiger partial charge is 0.416 e. The standard InChI is InChI=1S/C16H11F3N2S4/c17-16(18,19)12-4-1-3-11(9-12)10-23-25-24-15-20-7-6-13(21-15)14-5-2-8-22-14/h1-9H,10H2. The van der Waals surface area contributed by atoms with Crippen LogP contribution in [-0.4, -0.2) is 9.97 Å². The lowest BCUT2D eigenvalue weighted by molar-refractivity contribution is -0.137. The highest BCUT2D eigenvalue weighted by Crippen LogP contribution is 2.41. The zero-order valence-corrected chi connectivity index (χ0v) is 15.8. The van der Waals surface area contributed by atoms with Crippen molar-refractivity contribution in [1.29, 1.82) is 0 Å². The van der Waals surface area contributed by atoms with Crippen molar-refractivity contribution in [2.45, 2.75) is 17.1 Å². The Kier molecular flexibility index (Phi) is 6.32. The van der Waals surface area contributed by atoms with Gasteiger partial charge in [0.25, 0.3) is 0 Å². The van der Waals surface area contributed by atoms with Gasteiger partial charge in [-0.25, -0.2) is 9.97 Å². The fraction of sp³-hybridized carbons (Fsp3) is 0.125. The van der Waals surface area contributed by atoms with Gasteiger partial charge in [0.2, 0.25) is 0 Å². The first-order valence-corrected chi connectivity index (χ1v) is 11.5. The van der Waals surface area contributed by atoms with Gasteiger partial charge in [-0.05, 0) is 49.8 Å². The van der Waals surface area contributed by atoms with Crippen LogP contribution in [0.1, 0.15) is 11.1 Å². The second-order valence-electron chi connectivity index (χ2n) is 4.81. The van der Waals surface area contributed by atoms with Crippen molar-refractivity contribution >= 4 is 42.8 Å². The highest BCUT2D eigenvalue weighted by molar-refractivity contribution is 9.09. The zero-order valence-electron chi connectivity index (χ0n) is 12.6. The first-order valence-electron chi connectivity index (χ1n) is 7.01. The summed E-state index contributed by atoms with van der Waals surface area (Å²) in [6.45, 7) is 0. The van der Waals surface area contributed by atoms with Crippen LogP contribution < -0.4 is 0 Å². The normalized spacial score (nSPS) is 11.6. The van der Waals surface area contributed by atoms with Gasteiger partial charge in [-0.1, -0.05) is 35.1 Å². The number of nitrogens with zero attached hydrogens (tertiary/aromatic N) is 2. The van der Waals surface area contributed by atoms with E-state index in [1.54, 1.807) is 23.6 Å². The molecule has 0 amide bonds. The van der Waals surface area contributed by atoms with Crippen molar-refractivity contribution in [2.24, 2.45) is 0 Å². The minimum absolute atomic E-state index is 0.478. The van der Waals surface area contributed by atoms with Crippen LogP contribution in [0, 0.1) is 0 Å². The molecule has 0 atom stereocenters. The number of aromatic nitrogens is 2. The SMILES string of the molecule is FC(F)(F)c1cccc(CSSSc2nccc(-c3cccs3)n2)c1. The van der Waals surface area contributed by atoms with Crippen LogP contribution in [0.25, 0.3) is 10.6 Å². The molecule has 0 radical (unpaired) electrons. The Balaban J connectivity index is 1.53. The Morgan fingerprint density at radius 3 is 2.72 bits per heavy atom. The number of thiophene rings is 1. The summed E-state index contributed by atoms with van der Waals surface area (Å²) in [4.78, 5) is 9.77. The third-order valence-electron chi connectivity index (χ3n) is 3.04. The number of hydrogen-bond acceptors (Lipinski definition) is 6. The van der Waals surface area contributed by atoms with E-state index in [1.165, 1.54) is 43.5 Å². The molecule has 0 fully saturated rings. The van der Waals surface area contributed by atoms with Crippen molar-refractivity contribution in [3.63, 3.8) is 0 Å². The Morgan fingerprint density at radius 1 is 1.08 bits per heavy atom. The van der Waals surface area contributed by atoms with Gasteiger partial charge in [-0.15, -0.1) is 11.3 Å². The van der Waals surface area contributed by atoms with Gasteiger partial charge in [-0.3, -0.25) is 0 Å². The minimum atomic E-state index is -4.31. The molecule has 0 unspecified atom stereocenters. The van der Waals surface area contributed by atoms with E-state index in [9.17, 15) is 13.2 Å². The van der Waals surface area contributed by atoms with Gasteiger partial charge >= 0.3 is 6.18 Å². The molecule has 0 aliphatic carbocycles. The molecular formula is C16H11F3N2S4. The van der Waals surface area contributed by atoms with Gasteiger partial charge < -0.3 is 0 Å². The van der Waals surface area contributed by atoms with Gasteiger partial charge in [0.05, 0.1) is 16.1 Å². The van der Waals surface area contributed by atoms with Crippen molar-refractivity contribution in [3.8, 4) is 10.6 Å². The highest BCUT2D eigenvalue weighted by Gasteiger charge is 2.30. The summed E-state index contributed by atoms with van der Waals surface area (Å²) in [5.41, 5.74) is 0.896. The van der Waals surface area contributed by atoms with Crippen LogP contribution >= 0.6 is 42.8 Å². The van der Waals surface area contributed by atoms with E-state index in [4.69, 9.17) is 0 Å².